The number of hydrogen-bond donors (Lipinski definition) is 5. The number of carboxylic acids is 3. The molecular formula is C10H16O8. The van der Waals surface area contributed by atoms with E-state index in [4.69, 9.17) is 25.5 Å². The highest BCUT2D eigenvalue weighted by atomic mass is 16.4. The molecule has 0 amide bonds. The summed E-state index contributed by atoms with van der Waals surface area (Å²) in [6, 6.07) is 0. The number of aliphatic carboxylic acids is 3. The van der Waals surface area contributed by atoms with Crippen molar-refractivity contribution in [3.05, 3.63) is 12.2 Å². The van der Waals surface area contributed by atoms with E-state index in [0.717, 1.165) is 0 Å². The summed E-state index contributed by atoms with van der Waals surface area (Å²) in [5.41, 5.74) is -0.141. The molecule has 0 aromatic heterocycles. The summed E-state index contributed by atoms with van der Waals surface area (Å²) in [6.45, 7) is 4.87. The third kappa shape index (κ3) is 9.31. The van der Waals surface area contributed by atoms with Crippen LogP contribution in [0.15, 0.2) is 12.2 Å². The average molecular weight is 264 g/mol. The molecule has 2 unspecified atom stereocenters. The van der Waals surface area contributed by atoms with Crippen LogP contribution < -0.4 is 0 Å². The molecule has 0 spiro atoms. The van der Waals surface area contributed by atoms with Crippen molar-refractivity contribution in [2.45, 2.75) is 32.0 Å². The molecule has 0 aromatic carbocycles. The van der Waals surface area contributed by atoms with Gasteiger partial charge in [0, 0.05) is 0 Å². The smallest absolute Gasteiger partial charge is 0.333 e. The van der Waals surface area contributed by atoms with Gasteiger partial charge in [0.2, 0.25) is 0 Å². The number of rotatable bonds is 6. The fourth-order valence-electron chi connectivity index (χ4n) is 0.642. The van der Waals surface area contributed by atoms with E-state index in [1.807, 2.05) is 0 Å². The zero-order valence-corrected chi connectivity index (χ0v) is 9.74. The van der Waals surface area contributed by atoms with Gasteiger partial charge in [-0.2, -0.15) is 0 Å². The lowest BCUT2D eigenvalue weighted by Gasteiger charge is -2.04. The van der Waals surface area contributed by atoms with Gasteiger partial charge in [-0.15, -0.1) is 0 Å². The van der Waals surface area contributed by atoms with Crippen LogP contribution in [0.3, 0.4) is 0 Å². The Kier molecular flexibility index (Phi) is 9.36. The molecule has 0 saturated carbocycles. The molecule has 0 aliphatic rings. The van der Waals surface area contributed by atoms with Gasteiger partial charge in [-0.1, -0.05) is 13.5 Å². The van der Waals surface area contributed by atoms with Gasteiger partial charge in [-0.25, -0.2) is 9.59 Å². The zero-order chi connectivity index (χ0) is 14.9. The Hall–Kier alpha value is -1.93. The van der Waals surface area contributed by atoms with Crippen LogP contribution in [0.5, 0.6) is 0 Å². The Morgan fingerprint density at radius 2 is 1.50 bits per heavy atom. The molecule has 0 rings (SSSR count). The van der Waals surface area contributed by atoms with Crippen LogP contribution in [0.25, 0.3) is 0 Å². The predicted molar refractivity (Wildman–Crippen MR) is 59.0 cm³/mol. The van der Waals surface area contributed by atoms with Crippen molar-refractivity contribution in [2.24, 2.45) is 0 Å². The molecule has 8 heteroatoms. The topological polar surface area (TPSA) is 152 Å². The van der Waals surface area contributed by atoms with Crippen molar-refractivity contribution < 1.29 is 39.9 Å². The van der Waals surface area contributed by atoms with Crippen molar-refractivity contribution in [3.8, 4) is 0 Å². The van der Waals surface area contributed by atoms with E-state index in [1.165, 1.54) is 0 Å². The summed E-state index contributed by atoms with van der Waals surface area (Å²) >= 11 is 0. The van der Waals surface area contributed by atoms with E-state index in [-0.39, 0.29) is 5.57 Å². The molecule has 0 radical (unpaired) electrons. The van der Waals surface area contributed by atoms with E-state index < -0.39 is 36.5 Å². The lowest BCUT2D eigenvalue weighted by molar-refractivity contribution is -0.152. The molecule has 8 nitrogen and oxygen atoms in total. The molecule has 2 atom stereocenters. The Morgan fingerprint density at radius 3 is 1.61 bits per heavy atom. The first kappa shape index (κ1) is 18.4. The quantitative estimate of drug-likeness (QED) is 0.395. The number of aliphatic hydroxyl groups is 2. The minimum Gasteiger partial charge on any atom is -0.481 e. The van der Waals surface area contributed by atoms with Crippen molar-refractivity contribution in [2.75, 3.05) is 0 Å². The molecular weight excluding hydrogens is 248 g/mol. The second-order valence-electron chi connectivity index (χ2n) is 3.21. The van der Waals surface area contributed by atoms with Crippen LogP contribution in [-0.4, -0.2) is 55.6 Å². The van der Waals surface area contributed by atoms with E-state index in [2.05, 4.69) is 6.58 Å². The molecule has 104 valence electrons. The van der Waals surface area contributed by atoms with Crippen LogP contribution >= 0.6 is 0 Å². The summed E-state index contributed by atoms with van der Waals surface area (Å²) in [6.07, 6.45) is -3.05. The van der Waals surface area contributed by atoms with Crippen molar-refractivity contribution in [1.29, 1.82) is 0 Å². The first-order chi connectivity index (χ1) is 8.13. The fourth-order valence-corrected chi connectivity index (χ4v) is 0.642. The lowest BCUT2D eigenvalue weighted by atomic mass is 10.1. The summed E-state index contributed by atoms with van der Waals surface area (Å²) in [5, 5.41) is 41.2. The molecule has 0 bridgehead atoms. The minimum absolute atomic E-state index is 0.141. The maximum Gasteiger partial charge on any atom is 0.333 e. The number of hydrogen-bond acceptors (Lipinski definition) is 5. The lowest BCUT2D eigenvalue weighted by Crippen LogP contribution is -2.22. The molecule has 5 N–H and O–H groups in total. The van der Waals surface area contributed by atoms with Gasteiger partial charge in [-0.3, -0.25) is 4.79 Å². The summed E-state index contributed by atoms with van der Waals surface area (Å²) in [7, 11) is 0. The number of aliphatic hydroxyl groups excluding tert-OH is 2. The average Bonchev–Trinajstić information content (AvgIpc) is 2.26. The third-order valence-corrected chi connectivity index (χ3v) is 1.72. The SMILES string of the molecule is C=C(C(=O)O)C(O)CC.O=C(O)CC(O)C(=O)O. The summed E-state index contributed by atoms with van der Waals surface area (Å²) in [4.78, 5) is 29.5. The van der Waals surface area contributed by atoms with E-state index in [1.54, 1.807) is 6.92 Å². The fraction of sp³-hybridized carbons (Fsp3) is 0.500. The Bertz CT molecular complexity index is 322. The molecule has 0 aliphatic heterocycles. The summed E-state index contributed by atoms with van der Waals surface area (Å²) < 4.78 is 0. The first-order valence-electron chi connectivity index (χ1n) is 4.86. The van der Waals surface area contributed by atoms with E-state index >= 15 is 0 Å². The van der Waals surface area contributed by atoms with Crippen molar-refractivity contribution >= 4 is 17.9 Å². The second-order valence-corrected chi connectivity index (χ2v) is 3.21. The molecule has 0 fully saturated rings. The van der Waals surface area contributed by atoms with Gasteiger partial charge in [-0.05, 0) is 6.42 Å². The molecule has 0 aromatic rings. The minimum atomic E-state index is -1.79. The van der Waals surface area contributed by atoms with Crippen molar-refractivity contribution in [1.82, 2.24) is 0 Å². The third-order valence-electron chi connectivity index (χ3n) is 1.72. The zero-order valence-electron chi connectivity index (χ0n) is 9.74. The number of carboxylic acid groups (broad SMARTS) is 3. The van der Waals surface area contributed by atoms with Crippen LogP contribution in [0.1, 0.15) is 19.8 Å². The van der Waals surface area contributed by atoms with Gasteiger partial charge in [0.1, 0.15) is 0 Å². The van der Waals surface area contributed by atoms with E-state index in [0.29, 0.717) is 6.42 Å². The predicted octanol–water partition coefficient (Wildman–Crippen LogP) is -0.695. The maximum absolute atomic E-state index is 10.0. The Labute approximate surface area is 103 Å². The maximum atomic E-state index is 10.0. The van der Waals surface area contributed by atoms with Gasteiger partial charge in [0.25, 0.3) is 0 Å². The Balaban J connectivity index is 0. The molecule has 18 heavy (non-hydrogen) atoms. The van der Waals surface area contributed by atoms with Gasteiger partial charge < -0.3 is 25.5 Å². The van der Waals surface area contributed by atoms with Gasteiger partial charge in [0.15, 0.2) is 6.10 Å². The molecule has 0 saturated heterocycles. The molecule has 0 aliphatic carbocycles. The first-order valence-corrected chi connectivity index (χ1v) is 4.86. The molecule has 0 heterocycles. The highest BCUT2D eigenvalue weighted by Crippen LogP contribution is 2.02. The normalized spacial score (nSPS) is 12.6. The van der Waals surface area contributed by atoms with Crippen LogP contribution in [0.4, 0.5) is 0 Å². The van der Waals surface area contributed by atoms with Crippen molar-refractivity contribution in [3.63, 3.8) is 0 Å². The standard InChI is InChI=1S/C6H10O3.C4H6O5/c1-3-5(7)4(2)6(8)9;5-2(4(8)9)1-3(6)7/h5,7H,2-3H2,1H3,(H,8,9);2,5H,1H2,(H,6,7)(H,8,9). The highest BCUT2D eigenvalue weighted by Gasteiger charge is 2.16. The van der Waals surface area contributed by atoms with Gasteiger partial charge in [0.05, 0.1) is 18.1 Å². The van der Waals surface area contributed by atoms with Crippen LogP contribution in [0, 0.1) is 0 Å². The Morgan fingerprint density at radius 1 is 1.06 bits per heavy atom. The second kappa shape index (κ2) is 9.14. The van der Waals surface area contributed by atoms with Crippen LogP contribution in [0.2, 0.25) is 0 Å². The number of carbonyl (C=O) groups is 3. The van der Waals surface area contributed by atoms with Crippen LogP contribution in [-0.2, 0) is 14.4 Å². The highest BCUT2D eigenvalue weighted by molar-refractivity contribution is 5.86. The van der Waals surface area contributed by atoms with E-state index in [9.17, 15) is 14.4 Å². The largest absolute Gasteiger partial charge is 0.481 e. The summed E-state index contributed by atoms with van der Waals surface area (Å²) in [5.74, 6) is -3.98. The van der Waals surface area contributed by atoms with Gasteiger partial charge >= 0.3 is 17.9 Å². The monoisotopic (exact) mass is 264 g/mol.